The third-order valence-electron chi connectivity index (χ3n) is 4.58. The number of hydrogen-bond acceptors (Lipinski definition) is 4. The van der Waals surface area contributed by atoms with Crippen LogP contribution in [-0.4, -0.2) is 25.9 Å². The molecule has 0 spiro atoms. The van der Waals surface area contributed by atoms with Gasteiger partial charge in [0.25, 0.3) is 20.2 Å². The molecule has 0 radical (unpaired) electrons. The number of halogens is 2. The number of rotatable bonds is 5. The van der Waals surface area contributed by atoms with Crippen molar-refractivity contribution in [1.82, 2.24) is 0 Å². The van der Waals surface area contributed by atoms with Gasteiger partial charge in [0.2, 0.25) is 0 Å². The predicted octanol–water partition coefficient (Wildman–Crippen LogP) is 6.33. The molecular formula is C22H28Cl2O6S2. The lowest BCUT2D eigenvalue weighted by Crippen LogP contribution is -2.17. The zero-order chi connectivity index (χ0) is 24.9. The van der Waals surface area contributed by atoms with Crippen LogP contribution in [0.1, 0.15) is 52.7 Å². The zero-order valence-electron chi connectivity index (χ0n) is 18.8. The highest BCUT2D eigenvalue weighted by atomic mass is 35.5. The fourth-order valence-electron chi connectivity index (χ4n) is 3.57. The molecule has 0 aliphatic heterocycles. The number of hydrogen-bond donors (Lipinski definition) is 2. The minimum Gasteiger partial charge on any atom is -0.282 e. The van der Waals surface area contributed by atoms with Crippen molar-refractivity contribution >= 4 is 43.4 Å². The van der Waals surface area contributed by atoms with Crippen molar-refractivity contribution in [2.24, 2.45) is 10.8 Å². The van der Waals surface area contributed by atoms with Crippen LogP contribution in [-0.2, 0) is 33.1 Å². The molecule has 0 amide bonds. The lowest BCUT2D eigenvalue weighted by atomic mass is 9.83. The van der Waals surface area contributed by atoms with Crippen LogP contribution in [0.25, 0.3) is 11.1 Å². The van der Waals surface area contributed by atoms with Crippen LogP contribution in [0.15, 0.2) is 34.1 Å². The Labute approximate surface area is 200 Å². The van der Waals surface area contributed by atoms with E-state index in [4.69, 9.17) is 23.2 Å². The molecule has 2 rings (SSSR count). The topological polar surface area (TPSA) is 109 Å². The summed E-state index contributed by atoms with van der Waals surface area (Å²) in [5.74, 6) is 0. The molecule has 2 aromatic carbocycles. The van der Waals surface area contributed by atoms with E-state index in [0.717, 1.165) is 6.07 Å². The van der Waals surface area contributed by atoms with Gasteiger partial charge in [0.1, 0.15) is 9.79 Å². The maximum Gasteiger partial charge on any atom is 0.295 e. The van der Waals surface area contributed by atoms with Crippen LogP contribution in [0.2, 0.25) is 10.0 Å². The third-order valence-corrected chi connectivity index (χ3v) is 7.16. The van der Waals surface area contributed by atoms with E-state index in [-0.39, 0.29) is 38.6 Å². The average molecular weight is 524 g/mol. The Morgan fingerprint density at radius 2 is 1.31 bits per heavy atom. The van der Waals surface area contributed by atoms with Gasteiger partial charge in [-0.1, -0.05) is 70.8 Å². The Morgan fingerprint density at radius 1 is 0.781 bits per heavy atom. The monoisotopic (exact) mass is 522 g/mol. The molecule has 10 heteroatoms. The van der Waals surface area contributed by atoms with E-state index in [1.165, 1.54) is 18.2 Å². The van der Waals surface area contributed by atoms with Crippen LogP contribution < -0.4 is 0 Å². The summed E-state index contributed by atoms with van der Waals surface area (Å²) in [6.07, 6.45) is 0.650. The lowest BCUT2D eigenvalue weighted by molar-refractivity contribution is 0.402. The first-order valence-corrected chi connectivity index (χ1v) is 13.4. The molecular weight excluding hydrogens is 495 g/mol. The first-order valence-electron chi connectivity index (χ1n) is 9.80. The van der Waals surface area contributed by atoms with E-state index in [9.17, 15) is 25.9 Å². The Hall–Kier alpha value is -1.16. The average Bonchev–Trinajstić information content (AvgIpc) is 2.53. The van der Waals surface area contributed by atoms with Crippen molar-refractivity contribution in [3.63, 3.8) is 0 Å². The molecule has 6 nitrogen and oxygen atoms in total. The van der Waals surface area contributed by atoms with Crippen LogP contribution in [0, 0.1) is 10.8 Å². The second-order valence-corrected chi connectivity index (χ2v) is 13.8. The van der Waals surface area contributed by atoms with Crippen molar-refractivity contribution in [3.8, 4) is 11.1 Å². The van der Waals surface area contributed by atoms with E-state index in [0.29, 0.717) is 12.0 Å². The van der Waals surface area contributed by atoms with Gasteiger partial charge in [0, 0.05) is 21.2 Å². The van der Waals surface area contributed by atoms with Gasteiger partial charge in [0.05, 0.1) is 0 Å². The van der Waals surface area contributed by atoms with Crippen molar-refractivity contribution < 1.29 is 25.9 Å². The highest BCUT2D eigenvalue weighted by Gasteiger charge is 2.31. The van der Waals surface area contributed by atoms with Gasteiger partial charge in [-0.15, -0.1) is 0 Å². The second kappa shape index (κ2) is 8.89. The molecule has 0 saturated carbocycles. The van der Waals surface area contributed by atoms with E-state index in [1.807, 2.05) is 41.5 Å². The molecule has 0 fully saturated rings. The summed E-state index contributed by atoms with van der Waals surface area (Å²) in [6.45, 7) is 11.6. The lowest BCUT2D eigenvalue weighted by Gasteiger charge is -2.26. The molecule has 0 aliphatic carbocycles. The van der Waals surface area contributed by atoms with E-state index >= 15 is 0 Å². The zero-order valence-corrected chi connectivity index (χ0v) is 22.0. The highest BCUT2D eigenvalue weighted by molar-refractivity contribution is 7.86. The highest BCUT2D eigenvalue weighted by Crippen LogP contribution is 2.43. The van der Waals surface area contributed by atoms with Gasteiger partial charge < -0.3 is 0 Å². The quantitative estimate of drug-likeness (QED) is 0.443. The van der Waals surface area contributed by atoms with Crippen LogP contribution in [0.4, 0.5) is 0 Å². The molecule has 178 valence electrons. The van der Waals surface area contributed by atoms with Crippen molar-refractivity contribution in [2.75, 3.05) is 0 Å². The SMILES string of the molecule is CC(C)(C)Cc1cc(-c2ccc(Cl)cc2S(=O)(=O)O)c(S(=O)(=O)O)c(CC(C)(C)C)c1Cl. The van der Waals surface area contributed by atoms with Gasteiger partial charge >= 0.3 is 0 Å². The first kappa shape index (κ1) is 27.1. The maximum atomic E-state index is 12.6. The third kappa shape index (κ3) is 6.68. The molecule has 0 aliphatic rings. The molecule has 0 atom stereocenters. The molecule has 0 bridgehead atoms. The summed E-state index contributed by atoms with van der Waals surface area (Å²) >= 11 is 12.6. The summed E-state index contributed by atoms with van der Waals surface area (Å²) in [5.41, 5.74) is -0.0317. The van der Waals surface area contributed by atoms with Crippen LogP contribution in [0.3, 0.4) is 0 Å². The van der Waals surface area contributed by atoms with E-state index in [1.54, 1.807) is 0 Å². The molecule has 2 N–H and O–H groups in total. The van der Waals surface area contributed by atoms with Gasteiger partial charge in [0.15, 0.2) is 0 Å². The van der Waals surface area contributed by atoms with E-state index < -0.39 is 35.4 Å². The Morgan fingerprint density at radius 3 is 1.75 bits per heavy atom. The molecule has 0 unspecified atom stereocenters. The predicted molar refractivity (Wildman–Crippen MR) is 128 cm³/mol. The Kier molecular flexibility index (Phi) is 7.52. The van der Waals surface area contributed by atoms with Crippen LogP contribution in [0.5, 0.6) is 0 Å². The molecule has 0 heterocycles. The normalized spacial score (nSPS) is 13.4. The fraction of sp³-hybridized carbons (Fsp3) is 0.455. The largest absolute Gasteiger partial charge is 0.295 e. The molecule has 2 aromatic rings. The van der Waals surface area contributed by atoms with Gasteiger partial charge in [-0.3, -0.25) is 9.11 Å². The van der Waals surface area contributed by atoms with Gasteiger partial charge in [-0.25, -0.2) is 0 Å². The molecule has 0 aromatic heterocycles. The van der Waals surface area contributed by atoms with E-state index in [2.05, 4.69) is 0 Å². The molecule has 32 heavy (non-hydrogen) atoms. The van der Waals surface area contributed by atoms with Crippen molar-refractivity contribution in [1.29, 1.82) is 0 Å². The van der Waals surface area contributed by atoms with Crippen molar-refractivity contribution in [2.45, 2.75) is 64.2 Å². The Bertz CT molecular complexity index is 1250. The second-order valence-electron chi connectivity index (χ2n) is 10.3. The number of benzene rings is 2. The van der Waals surface area contributed by atoms with Crippen molar-refractivity contribution in [3.05, 3.63) is 45.4 Å². The summed E-state index contributed by atoms with van der Waals surface area (Å²) in [4.78, 5) is -1.05. The van der Waals surface area contributed by atoms with Crippen LogP contribution >= 0.6 is 23.2 Å². The fourth-order valence-corrected chi connectivity index (χ4v) is 5.81. The summed E-state index contributed by atoms with van der Waals surface area (Å²) in [6, 6.07) is 5.16. The van der Waals surface area contributed by atoms with Gasteiger partial charge in [-0.2, -0.15) is 16.8 Å². The minimum atomic E-state index is -4.83. The standard InChI is InChI=1S/C22H28Cl2O6S2/c1-21(2,3)11-13-9-16(15-8-7-14(23)10-18(15)31(25,26)27)20(32(28,29)30)17(19(13)24)12-22(4,5)6/h7-10H,11-12H2,1-6H3,(H,25,26,27)(H,28,29,30). The molecule has 0 saturated heterocycles. The van der Waals surface area contributed by atoms with Gasteiger partial charge in [-0.05, 0) is 53.0 Å². The minimum absolute atomic E-state index is 0.0357. The summed E-state index contributed by atoms with van der Waals surface area (Å²) < 4.78 is 69.3. The smallest absolute Gasteiger partial charge is 0.282 e. The first-order chi connectivity index (χ1) is 14.2. The Balaban J connectivity index is 3.13. The maximum absolute atomic E-state index is 12.6. The summed E-state index contributed by atoms with van der Waals surface area (Å²) in [7, 11) is -9.60. The summed E-state index contributed by atoms with van der Waals surface area (Å²) in [5, 5.41) is 0.238.